The van der Waals surface area contributed by atoms with E-state index in [1.165, 1.54) is 11.3 Å². The fraction of sp³-hybridized carbons (Fsp3) is 0.474. The van der Waals surface area contributed by atoms with E-state index in [1.54, 1.807) is 6.20 Å². The monoisotopic (exact) mass is 358 g/mol. The van der Waals surface area contributed by atoms with Crippen LogP contribution in [0.4, 0.5) is 0 Å². The second kappa shape index (κ2) is 6.86. The Bertz CT molecular complexity index is 748. The third-order valence-electron chi connectivity index (χ3n) is 5.04. The maximum Gasteiger partial charge on any atom is 0.264 e. The number of likely N-dealkylation sites (tertiary alicyclic amines) is 1. The van der Waals surface area contributed by atoms with Crippen molar-refractivity contribution in [1.29, 1.82) is 0 Å². The van der Waals surface area contributed by atoms with Crippen LogP contribution in [-0.4, -0.2) is 47.2 Å². The molecule has 5 nitrogen and oxygen atoms in total. The number of amides is 1. The first-order valence-corrected chi connectivity index (χ1v) is 9.51. The molecule has 1 spiro atoms. The van der Waals surface area contributed by atoms with Crippen molar-refractivity contribution in [3.63, 3.8) is 0 Å². The van der Waals surface area contributed by atoms with E-state index in [0.717, 1.165) is 35.4 Å². The number of hydrogen-bond donors (Lipinski definition) is 0. The Morgan fingerprint density at radius 1 is 1.52 bits per heavy atom. The zero-order valence-electron chi connectivity index (χ0n) is 14.3. The maximum atomic E-state index is 12.7. The molecular formula is C19H22N2O3S. The molecule has 0 aliphatic carbocycles. The van der Waals surface area contributed by atoms with Crippen LogP contribution in [0.3, 0.4) is 0 Å². The second-order valence-electron chi connectivity index (χ2n) is 6.90. The molecule has 2 fully saturated rings. The van der Waals surface area contributed by atoms with Gasteiger partial charge in [-0.05, 0) is 42.0 Å². The number of hydrogen-bond acceptors (Lipinski definition) is 5. The summed E-state index contributed by atoms with van der Waals surface area (Å²) in [6.45, 7) is 4.56. The number of thiophene rings is 1. The number of nitrogens with zero attached hydrogens (tertiary/aromatic N) is 2. The minimum atomic E-state index is -0.236. The minimum absolute atomic E-state index is 0.0822. The molecule has 0 radical (unpaired) electrons. The largest absolute Gasteiger partial charge is 0.371 e. The fourth-order valence-electron chi connectivity index (χ4n) is 3.64. The van der Waals surface area contributed by atoms with Crippen molar-refractivity contribution in [3.8, 4) is 0 Å². The van der Waals surface area contributed by atoms with Gasteiger partial charge in [0.1, 0.15) is 0 Å². The number of carbonyl (C=O) groups excluding carboxylic acids is 1. The van der Waals surface area contributed by atoms with Crippen LogP contribution in [0.1, 0.15) is 33.6 Å². The van der Waals surface area contributed by atoms with E-state index in [1.807, 2.05) is 41.6 Å². The zero-order valence-corrected chi connectivity index (χ0v) is 15.1. The quantitative estimate of drug-likeness (QED) is 0.843. The van der Waals surface area contributed by atoms with Gasteiger partial charge >= 0.3 is 0 Å². The number of rotatable bonds is 4. The average molecular weight is 358 g/mol. The summed E-state index contributed by atoms with van der Waals surface area (Å²) in [7, 11) is 0. The van der Waals surface area contributed by atoms with Gasteiger partial charge in [0.2, 0.25) is 0 Å². The summed E-state index contributed by atoms with van der Waals surface area (Å²) in [6, 6.07) is 5.92. The predicted octanol–water partition coefficient (Wildman–Crippen LogP) is 3.04. The normalized spacial score (nSPS) is 25.8. The molecule has 25 heavy (non-hydrogen) atoms. The molecule has 1 amide bonds. The number of carbonyl (C=O) groups is 1. The van der Waals surface area contributed by atoms with Gasteiger partial charge in [-0.25, -0.2) is 0 Å². The maximum absolute atomic E-state index is 12.7. The van der Waals surface area contributed by atoms with Crippen LogP contribution in [-0.2, 0) is 16.1 Å². The summed E-state index contributed by atoms with van der Waals surface area (Å²) in [4.78, 5) is 19.6. The van der Waals surface area contributed by atoms with Gasteiger partial charge in [0.15, 0.2) is 0 Å². The topological polar surface area (TPSA) is 51.7 Å². The molecule has 132 valence electrons. The Kier molecular flexibility index (Phi) is 4.58. The van der Waals surface area contributed by atoms with Crippen LogP contribution in [0.15, 0.2) is 36.0 Å². The van der Waals surface area contributed by atoms with Crippen molar-refractivity contribution >= 4 is 17.2 Å². The lowest BCUT2D eigenvalue weighted by Crippen LogP contribution is -2.36. The number of ether oxygens (including phenoxy) is 2. The number of aryl methyl sites for hydroxylation is 1. The molecule has 2 aromatic heterocycles. The first-order chi connectivity index (χ1) is 12.2. The minimum Gasteiger partial charge on any atom is -0.371 e. The Hall–Kier alpha value is -1.76. The highest BCUT2D eigenvalue weighted by Crippen LogP contribution is 2.37. The Balaban J connectivity index is 1.33. The molecule has 0 saturated carbocycles. The van der Waals surface area contributed by atoms with Gasteiger partial charge in [-0.1, -0.05) is 6.07 Å². The number of pyridine rings is 1. The molecule has 0 N–H and O–H groups in total. The lowest BCUT2D eigenvalue weighted by Gasteiger charge is -2.23. The van der Waals surface area contributed by atoms with Crippen molar-refractivity contribution in [2.75, 3.05) is 19.7 Å². The van der Waals surface area contributed by atoms with Crippen molar-refractivity contribution in [2.45, 2.75) is 38.1 Å². The Morgan fingerprint density at radius 3 is 3.20 bits per heavy atom. The van der Waals surface area contributed by atoms with Crippen LogP contribution in [0.5, 0.6) is 0 Å². The molecule has 2 atom stereocenters. The highest BCUT2D eigenvalue weighted by molar-refractivity contribution is 7.12. The van der Waals surface area contributed by atoms with Gasteiger partial charge < -0.3 is 14.4 Å². The first kappa shape index (κ1) is 16.7. The van der Waals surface area contributed by atoms with Gasteiger partial charge in [-0.15, -0.1) is 11.3 Å². The molecule has 2 saturated heterocycles. The van der Waals surface area contributed by atoms with Crippen molar-refractivity contribution < 1.29 is 14.3 Å². The molecule has 4 rings (SSSR count). The molecule has 0 bridgehead atoms. The summed E-state index contributed by atoms with van der Waals surface area (Å²) in [5.74, 6) is 0.132. The molecular weight excluding hydrogens is 336 g/mol. The van der Waals surface area contributed by atoms with E-state index in [2.05, 4.69) is 4.98 Å². The SMILES string of the molecule is Cc1ccsc1C(=O)N1CC[C@@]2(C[C@H](OCc3cccnc3)CO2)C1. The van der Waals surface area contributed by atoms with E-state index >= 15 is 0 Å². The smallest absolute Gasteiger partial charge is 0.264 e. The third kappa shape index (κ3) is 3.47. The molecule has 6 heteroatoms. The van der Waals surface area contributed by atoms with Crippen LogP contribution in [0.25, 0.3) is 0 Å². The second-order valence-corrected chi connectivity index (χ2v) is 7.82. The standard InChI is InChI=1S/C19H22N2O3S/c1-14-4-8-25-17(14)18(22)21-7-5-19(13-21)9-16(12-24-19)23-11-15-3-2-6-20-10-15/h2-4,6,8,10,16H,5,7,9,11-13H2,1H3/t16-,19+/m0/s1. The van der Waals surface area contributed by atoms with Crippen LogP contribution in [0, 0.1) is 6.92 Å². The predicted molar refractivity (Wildman–Crippen MR) is 95.7 cm³/mol. The summed E-state index contributed by atoms with van der Waals surface area (Å²) in [5, 5.41) is 1.97. The van der Waals surface area contributed by atoms with Crippen molar-refractivity contribution in [1.82, 2.24) is 9.88 Å². The van der Waals surface area contributed by atoms with Crippen molar-refractivity contribution in [3.05, 3.63) is 52.0 Å². The summed E-state index contributed by atoms with van der Waals surface area (Å²) in [5.41, 5.74) is 1.89. The zero-order chi connectivity index (χ0) is 17.3. The van der Waals surface area contributed by atoms with Crippen LogP contribution < -0.4 is 0 Å². The first-order valence-electron chi connectivity index (χ1n) is 8.63. The van der Waals surface area contributed by atoms with E-state index in [9.17, 15) is 4.79 Å². The highest BCUT2D eigenvalue weighted by Gasteiger charge is 2.47. The highest BCUT2D eigenvalue weighted by atomic mass is 32.1. The fourth-order valence-corrected chi connectivity index (χ4v) is 4.54. The van der Waals surface area contributed by atoms with E-state index < -0.39 is 0 Å². The van der Waals surface area contributed by atoms with Crippen molar-refractivity contribution in [2.24, 2.45) is 0 Å². The Labute approximate surface area is 151 Å². The molecule has 4 heterocycles. The average Bonchev–Trinajstić information content (AvgIpc) is 3.35. The van der Waals surface area contributed by atoms with Gasteiger partial charge in [0.25, 0.3) is 5.91 Å². The van der Waals surface area contributed by atoms with E-state index in [4.69, 9.17) is 9.47 Å². The molecule has 2 aromatic rings. The van der Waals surface area contributed by atoms with Crippen LogP contribution in [0.2, 0.25) is 0 Å². The molecule has 0 aromatic carbocycles. The van der Waals surface area contributed by atoms with E-state index in [-0.39, 0.29) is 17.6 Å². The van der Waals surface area contributed by atoms with Gasteiger partial charge in [-0.3, -0.25) is 9.78 Å². The summed E-state index contributed by atoms with van der Waals surface area (Å²) < 4.78 is 12.1. The third-order valence-corrected chi connectivity index (χ3v) is 6.05. The molecule has 2 aliphatic rings. The molecule has 2 aliphatic heterocycles. The summed E-state index contributed by atoms with van der Waals surface area (Å²) >= 11 is 1.52. The van der Waals surface area contributed by atoms with Gasteiger partial charge in [0.05, 0.1) is 36.3 Å². The van der Waals surface area contributed by atoms with E-state index in [0.29, 0.717) is 19.8 Å². The number of aromatic nitrogens is 1. The Morgan fingerprint density at radius 2 is 2.44 bits per heavy atom. The van der Waals surface area contributed by atoms with Gasteiger partial charge in [0, 0.05) is 25.4 Å². The van der Waals surface area contributed by atoms with Gasteiger partial charge in [-0.2, -0.15) is 0 Å². The van der Waals surface area contributed by atoms with Crippen LogP contribution >= 0.6 is 11.3 Å². The molecule has 0 unspecified atom stereocenters. The lowest BCUT2D eigenvalue weighted by atomic mass is 9.98. The summed E-state index contributed by atoms with van der Waals surface area (Å²) in [6.07, 6.45) is 5.40. The lowest BCUT2D eigenvalue weighted by molar-refractivity contribution is 0.000273.